The van der Waals surface area contributed by atoms with Crippen molar-refractivity contribution in [3.8, 4) is 0 Å². The predicted octanol–water partition coefficient (Wildman–Crippen LogP) is 0.920. The van der Waals surface area contributed by atoms with Gasteiger partial charge in [-0.3, -0.25) is 19.5 Å². The number of morpholine rings is 1. The van der Waals surface area contributed by atoms with Crippen molar-refractivity contribution < 1.29 is 14.3 Å². The molecule has 0 aromatic carbocycles. The molecule has 0 aliphatic carbocycles. The highest BCUT2D eigenvalue weighted by Crippen LogP contribution is 2.04. The number of pyridine rings is 1. The summed E-state index contributed by atoms with van der Waals surface area (Å²) in [5, 5.41) is 5.73. The van der Waals surface area contributed by atoms with Crippen molar-refractivity contribution in [2.45, 2.75) is 20.3 Å². The molecule has 7 heteroatoms. The molecule has 0 atom stereocenters. The summed E-state index contributed by atoms with van der Waals surface area (Å²) in [5.41, 5.74) is 0.808. The Morgan fingerprint density at radius 3 is 2.32 bits per heavy atom. The van der Waals surface area contributed by atoms with Crippen molar-refractivity contribution in [2.24, 2.45) is 5.92 Å². The Morgan fingerprint density at radius 1 is 1.12 bits per heavy atom. The third-order valence-corrected chi connectivity index (χ3v) is 4.09. The van der Waals surface area contributed by atoms with E-state index in [1.54, 1.807) is 6.07 Å². The Morgan fingerprint density at radius 2 is 1.72 bits per heavy atom. The SMILES string of the molecule is CC(C)CCNC(=O)c1cncc(C(=O)NCCN2CCOCC2)c1. The number of hydrogen-bond donors (Lipinski definition) is 2. The maximum Gasteiger partial charge on any atom is 0.252 e. The van der Waals surface area contributed by atoms with Crippen LogP contribution < -0.4 is 10.6 Å². The van der Waals surface area contributed by atoms with E-state index in [4.69, 9.17) is 4.74 Å². The first kappa shape index (κ1) is 19.3. The molecule has 7 nitrogen and oxygen atoms in total. The monoisotopic (exact) mass is 348 g/mol. The molecule has 2 N–H and O–H groups in total. The largest absolute Gasteiger partial charge is 0.379 e. The van der Waals surface area contributed by atoms with Crippen molar-refractivity contribution in [3.63, 3.8) is 0 Å². The Kier molecular flexibility index (Phi) is 7.81. The summed E-state index contributed by atoms with van der Waals surface area (Å²) in [6, 6.07) is 1.59. The first-order valence-electron chi connectivity index (χ1n) is 8.88. The van der Waals surface area contributed by atoms with Crippen LogP contribution in [0.4, 0.5) is 0 Å². The molecule has 0 spiro atoms. The highest BCUT2D eigenvalue weighted by Gasteiger charge is 2.13. The number of hydrogen-bond acceptors (Lipinski definition) is 5. The number of carbonyl (C=O) groups is 2. The van der Waals surface area contributed by atoms with Crippen LogP contribution in [0.1, 0.15) is 41.0 Å². The van der Waals surface area contributed by atoms with Gasteiger partial charge in [-0.15, -0.1) is 0 Å². The summed E-state index contributed by atoms with van der Waals surface area (Å²) < 4.78 is 5.30. The smallest absolute Gasteiger partial charge is 0.252 e. The van der Waals surface area contributed by atoms with Gasteiger partial charge in [0.1, 0.15) is 0 Å². The number of nitrogens with zero attached hydrogens (tertiary/aromatic N) is 2. The van der Waals surface area contributed by atoms with Crippen molar-refractivity contribution >= 4 is 11.8 Å². The molecule has 25 heavy (non-hydrogen) atoms. The minimum atomic E-state index is -0.211. The minimum Gasteiger partial charge on any atom is -0.379 e. The van der Waals surface area contributed by atoms with E-state index in [9.17, 15) is 9.59 Å². The molecule has 2 rings (SSSR count). The maximum atomic E-state index is 12.2. The van der Waals surface area contributed by atoms with Gasteiger partial charge in [0.15, 0.2) is 0 Å². The molecule has 0 bridgehead atoms. The van der Waals surface area contributed by atoms with Gasteiger partial charge < -0.3 is 15.4 Å². The van der Waals surface area contributed by atoms with Crippen LogP contribution in [0.2, 0.25) is 0 Å². The Hall–Kier alpha value is -1.99. The zero-order valence-electron chi connectivity index (χ0n) is 15.1. The molecule has 0 saturated carbocycles. The first-order chi connectivity index (χ1) is 12.1. The van der Waals surface area contributed by atoms with Crippen LogP contribution >= 0.6 is 0 Å². The predicted molar refractivity (Wildman–Crippen MR) is 95.6 cm³/mol. The third-order valence-electron chi connectivity index (χ3n) is 4.09. The number of nitrogens with one attached hydrogen (secondary N) is 2. The lowest BCUT2D eigenvalue weighted by Gasteiger charge is -2.26. The maximum absolute atomic E-state index is 12.2. The number of amides is 2. The first-order valence-corrected chi connectivity index (χ1v) is 8.88. The lowest BCUT2D eigenvalue weighted by Crippen LogP contribution is -2.41. The van der Waals surface area contributed by atoms with Gasteiger partial charge in [-0.2, -0.15) is 0 Å². The lowest BCUT2D eigenvalue weighted by molar-refractivity contribution is 0.0383. The molecule has 1 aromatic heterocycles. The molecule has 1 aromatic rings. The number of carbonyl (C=O) groups excluding carboxylic acids is 2. The van der Waals surface area contributed by atoms with Crippen molar-refractivity contribution in [2.75, 3.05) is 45.9 Å². The molecule has 2 amide bonds. The summed E-state index contributed by atoms with van der Waals surface area (Å²) >= 11 is 0. The summed E-state index contributed by atoms with van der Waals surface area (Å²) in [4.78, 5) is 30.6. The van der Waals surface area contributed by atoms with E-state index >= 15 is 0 Å². The van der Waals surface area contributed by atoms with E-state index in [1.165, 1.54) is 12.4 Å². The summed E-state index contributed by atoms with van der Waals surface area (Å²) in [5.74, 6) is 0.121. The molecule has 0 unspecified atom stereocenters. The van der Waals surface area contributed by atoms with Crippen LogP contribution in [0.3, 0.4) is 0 Å². The van der Waals surface area contributed by atoms with Gasteiger partial charge in [-0.25, -0.2) is 0 Å². The van der Waals surface area contributed by atoms with Gasteiger partial charge in [0.25, 0.3) is 11.8 Å². The zero-order valence-corrected chi connectivity index (χ0v) is 15.1. The third kappa shape index (κ3) is 6.80. The van der Waals surface area contributed by atoms with Crippen LogP contribution in [-0.4, -0.2) is 67.6 Å². The van der Waals surface area contributed by atoms with E-state index in [-0.39, 0.29) is 11.8 Å². The van der Waals surface area contributed by atoms with Crippen molar-refractivity contribution in [1.82, 2.24) is 20.5 Å². The summed E-state index contributed by atoms with van der Waals surface area (Å²) in [7, 11) is 0. The molecule has 138 valence electrons. The van der Waals surface area contributed by atoms with Gasteiger partial charge in [0, 0.05) is 45.1 Å². The average Bonchev–Trinajstić information content (AvgIpc) is 2.62. The van der Waals surface area contributed by atoms with E-state index in [0.29, 0.717) is 30.1 Å². The van der Waals surface area contributed by atoms with Crippen LogP contribution in [-0.2, 0) is 4.74 Å². The number of rotatable bonds is 8. The highest BCUT2D eigenvalue weighted by molar-refractivity contribution is 5.99. The van der Waals surface area contributed by atoms with Crippen LogP contribution in [0.25, 0.3) is 0 Å². The Bertz CT molecular complexity index is 571. The van der Waals surface area contributed by atoms with Crippen molar-refractivity contribution in [1.29, 1.82) is 0 Å². The highest BCUT2D eigenvalue weighted by atomic mass is 16.5. The quantitative estimate of drug-likeness (QED) is 0.730. The second kappa shape index (κ2) is 10.1. The molecular formula is C18H28N4O3. The molecular weight excluding hydrogens is 320 g/mol. The Balaban J connectivity index is 1.80. The average molecular weight is 348 g/mol. The molecule has 0 radical (unpaired) electrons. The fourth-order valence-electron chi connectivity index (χ4n) is 2.52. The normalized spacial score (nSPS) is 15.2. The van der Waals surface area contributed by atoms with Gasteiger partial charge in [0.2, 0.25) is 0 Å². The lowest BCUT2D eigenvalue weighted by atomic mass is 10.1. The minimum absolute atomic E-state index is 0.198. The van der Waals surface area contributed by atoms with Crippen LogP contribution in [0.5, 0.6) is 0 Å². The van der Waals surface area contributed by atoms with E-state index in [0.717, 1.165) is 39.3 Å². The fourth-order valence-corrected chi connectivity index (χ4v) is 2.52. The van der Waals surface area contributed by atoms with Gasteiger partial charge in [0.05, 0.1) is 24.3 Å². The van der Waals surface area contributed by atoms with E-state index in [1.807, 2.05) is 0 Å². The summed E-state index contributed by atoms with van der Waals surface area (Å²) in [6.07, 6.45) is 3.88. The van der Waals surface area contributed by atoms with Gasteiger partial charge in [-0.1, -0.05) is 13.8 Å². The molecule has 1 aliphatic rings. The van der Waals surface area contributed by atoms with E-state index < -0.39 is 0 Å². The molecule has 1 saturated heterocycles. The molecule has 1 aliphatic heterocycles. The number of ether oxygens (including phenoxy) is 1. The second-order valence-electron chi connectivity index (χ2n) is 6.61. The van der Waals surface area contributed by atoms with E-state index in [2.05, 4.69) is 34.4 Å². The van der Waals surface area contributed by atoms with Crippen molar-refractivity contribution in [3.05, 3.63) is 29.6 Å². The Labute approximate surface area is 149 Å². The fraction of sp³-hybridized carbons (Fsp3) is 0.611. The standard InChI is InChI=1S/C18H28N4O3/c1-14(2)3-4-20-17(23)15-11-16(13-19-12-15)18(24)21-5-6-22-7-9-25-10-8-22/h11-14H,3-10H2,1-2H3,(H,20,23)(H,21,24). The topological polar surface area (TPSA) is 83.6 Å². The van der Waals surface area contributed by atoms with Crippen LogP contribution in [0.15, 0.2) is 18.5 Å². The van der Waals surface area contributed by atoms with Gasteiger partial charge >= 0.3 is 0 Å². The molecule has 2 heterocycles. The summed E-state index contributed by atoms with van der Waals surface area (Å²) in [6.45, 7) is 9.45. The zero-order chi connectivity index (χ0) is 18.1. The second-order valence-corrected chi connectivity index (χ2v) is 6.61. The molecule has 1 fully saturated rings. The van der Waals surface area contributed by atoms with Gasteiger partial charge in [-0.05, 0) is 18.4 Å². The van der Waals surface area contributed by atoms with Crippen LogP contribution in [0, 0.1) is 5.92 Å². The number of aromatic nitrogens is 1.